The molecule has 1 fully saturated rings. The van der Waals surface area contributed by atoms with Gasteiger partial charge in [-0.15, -0.1) is 24.8 Å². The van der Waals surface area contributed by atoms with Crippen LogP contribution in [-0.2, 0) is 11.2 Å². The van der Waals surface area contributed by atoms with Crippen molar-refractivity contribution in [3.63, 3.8) is 0 Å². The fourth-order valence-electron chi connectivity index (χ4n) is 2.73. The van der Waals surface area contributed by atoms with E-state index < -0.39 is 0 Å². The largest absolute Gasteiger partial charge is 0.346 e. The lowest BCUT2D eigenvalue weighted by atomic mass is 10.0. The molecule has 0 aliphatic heterocycles. The van der Waals surface area contributed by atoms with Gasteiger partial charge < -0.3 is 10.6 Å². The van der Waals surface area contributed by atoms with Crippen LogP contribution in [0.5, 0.6) is 0 Å². The number of hydrogen-bond acceptors (Lipinski definition) is 3. The third-order valence-corrected chi connectivity index (χ3v) is 4.36. The normalized spacial score (nSPS) is 13.9. The lowest BCUT2D eigenvalue weighted by Crippen LogP contribution is -2.38. The molecule has 1 aliphatic carbocycles. The van der Waals surface area contributed by atoms with Crippen LogP contribution in [-0.4, -0.2) is 24.0 Å². The molecule has 2 N–H and O–H groups in total. The Bertz CT molecular complexity index is 661. The highest BCUT2D eigenvalue weighted by atomic mass is 35.5. The number of amides is 1. The maximum atomic E-state index is 12.3. The summed E-state index contributed by atoms with van der Waals surface area (Å²) >= 11 is 0. The van der Waals surface area contributed by atoms with Gasteiger partial charge in [0, 0.05) is 6.20 Å². The number of carbonyl (C=O) groups excluding carboxylic acids is 1. The number of rotatable bonds is 8. The van der Waals surface area contributed by atoms with Gasteiger partial charge in [-0.3, -0.25) is 9.78 Å². The maximum absolute atomic E-state index is 12.3. The third kappa shape index (κ3) is 7.32. The summed E-state index contributed by atoms with van der Waals surface area (Å²) in [6.07, 6.45) is 5.10. The van der Waals surface area contributed by atoms with Crippen molar-refractivity contribution in [3.05, 3.63) is 65.5 Å². The van der Waals surface area contributed by atoms with Crippen LogP contribution in [0.15, 0.2) is 48.7 Å². The van der Waals surface area contributed by atoms with Crippen LogP contribution >= 0.6 is 24.8 Å². The molecule has 0 radical (unpaired) electrons. The van der Waals surface area contributed by atoms with E-state index in [2.05, 4.69) is 46.8 Å². The van der Waals surface area contributed by atoms with Gasteiger partial charge in [0.25, 0.3) is 0 Å². The van der Waals surface area contributed by atoms with E-state index in [1.807, 2.05) is 18.2 Å². The van der Waals surface area contributed by atoms with Gasteiger partial charge in [0.15, 0.2) is 0 Å². The minimum atomic E-state index is -0.107. The molecule has 1 unspecified atom stereocenters. The lowest BCUT2D eigenvalue weighted by Gasteiger charge is -2.19. The number of halogens is 2. The second kappa shape index (κ2) is 11.2. The highest BCUT2D eigenvalue weighted by molar-refractivity contribution is 5.85. The van der Waals surface area contributed by atoms with Gasteiger partial charge in [0.1, 0.15) is 0 Å². The Morgan fingerprint density at radius 3 is 2.50 bits per heavy atom. The van der Waals surface area contributed by atoms with E-state index in [4.69, 9.17) is 0 Å². The standard InChI is InChI=1S/C20H25N3O.2ClH/c1-15-5-7-16(8-6-15)12-19(18-4-2-3-11-22-18)23-20(24)14-21-13-17-9-10-17;;/h2-8,11,17,19,21H,9-10,12-14H2,1H3,(H,23,24);2*1H. The number of nitrogens with one attached hydrogen (secondary N) is 2. The molecule has 1 heterocycles. The van der Waals surface area contributed by atoms with Crippen molar-refractivity contribution in [1.82, 2.24) is 15.6 Å². The summed E-state index contributed by atoms with van der Waals surface area (Å²) in [6, 6.07) is 14.1. The SMILES string of the molecule is Cc1ccc(CC(NC(=O)CNCC2CC2)c2ccccn2)cc1.Cl.Cl. The van der Waals surface area contributed by atoms with Crippen molar-refractivity contribution in [3.8, 4) is 0 Å². The molecular weight excluding hydrogens is 369 g/mol. The second-order valence-corrected chi connectivity index (χ2v) is 6.64. The van der Waals surface area contributed by atoms with Gasteiger partial charge in [-0.1, -0.05) is 35.9 Å². The van der Waals surface area contributed by atoms with E-state index in [-0.39, 0.29) is 36.8 Å². The number of pyridine rings is 1. The molecule has 1 amide bonds. The predicted octanol–water partition coefficient (Wildman–Crippen LogP) is 3.63. The Morgan fingerprint density at radius 1 is 1.15 bits per heavy atom. The van der Waals surface area contributed by atoms with Crippen LogP contribution < -0.4 is 10.6 Å². The first-order chi connectivity index (χ1) is 11.7. The summed E-state index contributed by atoms with van der Waals surface area (Å²) in [5, 5.41) is 6.37. The number of aryl methyl sites for hydroxylation is 1. The Kier molecular flexibility index (Phi) is 9.63. The number of carbonyl (C=O) groups is 1. The van der Waals surface area contributed by atoms with E-state index in [0.717, 1.165) is 24.6 Å². The smallest absolute Gasteiger partial charge is 0.234 e. The first-order valence-corrected chi connectivity index (χ1v) is 8.67. The molecule has 1 aromatic carbocycles. The van der Waals surface area contributed by atoms with Crippen molar-refractivity contribution in [2.45, 2.75) is 32.2 Å². The summed E-state index contributed by atoms with van der Waals surface area (Å²) in [4.78, 5) is 16.7. The molecule has 3 rings (SSSR count). The third-order valence-electron chi connectivity index (χ3n) is 4.36. The highest BCUT2D eigenvalue weighted by Gasteiger charge is 2.21. The number of benzene rings is 1. The molecule has 142 valence electrons. The molecule has 1 aromatic heterocycles. The molecule has 4 nitrogen and oxygen atoms in total. The van der Waals surface area contributed by atoms with Gasteiger partial charge in [0.05, 0.1) is 18.3 Å². The van der Waals surface area contributed by atoms with Gasteiger partial charge >= 0.3 is 0 Å². The Morgan fingerprint density at radius 2 is 1.88 bits per heavy atom. The first kappa shape index (κ1) is 22.4. The molecule has 2 aromatic rings. The molecule has 6 heteroatoms. The Hall–Kier alpha value is -1.62. The van der Waals surface area contributed by atoms with Crippen molar-refractivity contribution < 1.29 is 4.79 Å². The highest BCUT2D eigenvalue weighted by Crippen LogP contribution is 2.27. The van der Waals surface area contributed by atoms with Crippen molar-refractivity contribution >= 4 is 30.7 Å². The van der Waals surface area contributed by atoms with E-state index in [1.54, 1.807) is 6.20 Å². The number of nitrogens with zero attached hydrogens (tertiary/aromatic N) is 1. The number of aromatic nitrogens is 1. The monoisotopic (exact) mass is 395 g/mol. The van der Waals surface area contributed by atoms with Crippen LogP contribution in [0.4, 0.5) is 0 Å². The fourth-order valence-corrected chi connectivity index (χ4v) is 2.73. The zero-order valence-electron chi connectivity index (χ0n) is 15.0. The molecule has 1 atom stereocenters. The summed E-state index contributed by atoms with van der Waals surface area (Å²) in [5.41, 5.74) is 3.33. The molecule has 0 spiro atoms. The summed E-state index contributed by atoms with van der Waals surface area (Å²) < 4.78 is 0. The Labute approximate surface area is 168 Å². The molecule has 1 aliphatic rings. The predicted molar refractivity (Wildman–Crippen MR) is 110 cm³/mol. The molecule has 26 heavy (non-hydrogen) atoms. The first-order valence-electron chi connectivity index (χ1n) is 8.67. The fraction of sp³-hybridized carbons (Fsp3) is 0.400. The van der Waals surface area contributed by atoms with Crippen molar-refractivity contribution in [1.29, 1.82) is 0 Å². The van der Waals surface area contributed by atoms with Crippen molar-refractivity contribution in [2.24, 2.45) is 5.92 Å². The maximum Gasteiger partial charge on any atom is 0.234 e. The van der Waals surface area contributed by atoms with Gasteiger partial charge in [-0.2, -0.15) is 0 Å². The van der Waals surface area contributed by atoms with Crippen LogP contribution in [0.2, 0.25) is 0 Å². The molecular formula is C20H27Cl2N3O. The van der Waals surface area contributed by atoms with Crippen molar-refractivity contribution in [2.75, 3.05) is 13.1 Å². The van der Waals surface area contributed by atoms with Crippen LogP contribution in [0.1, 0.15) is 35.7 Å². The minimum Gasteiger partial charge on any atom is -0.346 e. The lowest BCUT2D eigenvalue weighted by molar-refractivity contribution is -0.121. The molecule has 1 saturated carbocycles. The summed E-state index contributed by atoms with van der Waals surface area (Å²) in [6.45, 7) is 3.39. The molecule has 0 bridgehead atoms. The average molecular weight is 396 g/mol. The zero-order chi connectivity index (χ0) is 16.8. The van der Waals surface area contributed by atoms with Gasteiger partial charge in [-0.25, -0.2) is 0 Å². The van der Waals surface area contributed by atoms with Crippen LogP contribution in [0.3, 0.4) is 0 Å². The average Bonchev–Trinajstić information content (AvgIpc) is 3.41. The van der Waals surface area contributed by atoms with E-state index in [1.165, 1.54) is 24.0 Å². The van der Waals surface area contributed by atoms with Gasteiger partial charge in [0.2, 0.25) is 5.91 Å². The zero-order valence-corrected chi connectivity index (χ0v) is 16.6. The quantitative estimate of drug-likeness (QED) is 0.717. The van der Waals surface area contributed by atoms with E-state index >= 15 is 0 Å². The molecule has 0 saturated heterocycles. The Balaban J connectivity index is 0.00000169. The van der Waals surface area contributed by atoms with Crippen LogP contribution in [0, 0.1) is 12.8 Å². The summed E-state index contributed by atoms with van der Waals surface area (Å²) in [7, 11) is 0. The second-order valence-electron chi connectivity index (χ2n) is 6.64. The van der Waals surface area contributed by atoms with Crippen LogP contribution in [0.25, 0.3) is 0 Å². The number of hydrogen-bond donors (Lipinski definition) is 2. The van der Waals surface area contributed by atoms with E-state index in [9.17, 15) is 4.79 Å². The minimum absolute atomic E-state index is 0. The van der Waals surface area contributed by atoms with Gasteiger partial charge in [-0.05, 0) is 56.3 Å². The van der Waals surface area contributed by atoms with E-state index in [0.29, 0.717) is 6.54 Å². The summed E-state index contributed by atoms with van der Waals surface area (Å²) in [5.74, 6) is 0.801. The topological polar surface area (TPSA) is 54.0 Å².